The van der Waals surface area contributed by atoms with E-state index in [4.69, 9.17) is 0 Å². The van der Waals surface area contributed by atoms with Crippen LogP contribution in [0.15, 0.2) is 94.7 Å². The van der Waals surface area contributed by atoms with Crippen molar-refractivity contribution in [3.63, 3.8) is 0 Å². The fourth-order valence-electron chi connectivity index (χ4n) is 3.81. The molecular formula is C27H18BrN3O2S. The van der Waals surface area contributed by atoms with Crippen LogP contribution in [-0.4, -0.2) is 18.4 Å². The van der Waals surface area contributed by atoms with Crippen LogP contribution in [0.2, 0.25) is 0 Å². The van der Waals surface area contributed by atoms with Crippen LogP contribution >= 0.6 is 15.9 Å². The molecule has 5 nitrogen and oxygen atoms in total. The number of hydrogen-bond donors (Lipinski definition) is 1. The summed E-state index contributed by atoms with van der Waals surface area (Å²) in [6, 6.07) is 20.4. The number of fused-ring (bicyclic) bond motifs is 2. The zero-order chi connectivity index (χ0) is 23.7. The van der Waals surface area contributed by atoms with Crippen LogP contribution in [0.3, 0.4) is 0 Å². The smallest absolute Gasteiger partial charge is 0.264 e. The molecule has 0 bridgehead atoms. The first-order valence-corrected chi connectivity index (χ1v) is 12.7. The maximum absolute atomic E-state index is 13.5. The molecule has 0 aliphatic carbocycles. The predicted molar refractivity (Wildman–Crippen MR) is 139 cm³/mol. The molecule has 34 heavy (non-hydrogen) atoms. The van der Waals surface area contributed by atoms with E-state index in [-0.39, 0.29) is 4.90 Å². The first-order valence-electron chi connectivity index (χ1n) is 10.4. The van der Waals surface area contributed by atoms with Crippen LogP contribution in [0, 0.1) is 18.8 Å². The molecule has 2 heterocycles. The molecule has 166 valence electrons. The molecule has 0 saturated carbocycles. The summed E-state index contributed by atoms with van der Waals surface area (Å²) in [6.07, 6.45) is 5.09. The number of sulfonamides is 1. The summed E-state index contributed by atoms with van der Waals surface area (Å²) < 4.78 is 30.5. The van der Waals surface area contributed by atoms with Crippen LogP contribution in [0.5, 0.6) is 0 Å². The maximum atomic E-state index is 13.5. The summed E-state index contributed by atoms with van der Waals surface area (Å²) in [5.41, 5.74) is 2.74. The van der Waals surface area contributed by atoms with Gasteiger partial charge in [-0.1, -0.05) is 70.2 Å². The third-order valence-electron chi connectivity index (χ3n) is 5.42. The Morgan fingerprint density at radius 3 is 2.56 bits per heavy atom. The highest BCUT2D eigenvalue weighted by Gasteiger charge is 2.22. The van der Waals surface area contributed by atoms with Crippen LogP contribution in [0.1, 0.15) is 16.7 Å². The maximum Gasteiger partial charge on any atom is 0.264 e. The first kappa shape index (κ1) is 22.1. The summed E-state index contributed by atoms with van der Waals surface area (Å²) in [7, 11) is -3.93. The summed E-state index contributed by atoms with van der Waals surface area (Å²) in [4.78, 5) is 8.76. The molecule has 2 aromatic heterocycles. The van der Waals surface area contributed by atoms with Gasteiger partial charge in [0.05, 0.1) is 22.3 Å². The third-order valence-corrected chi connectivity index (χ3v) is 7.45. The minimum Gasteiger partial charge on any atom is -0.278 e. The molecule has 5 aromatic rings. The molecule has 1 N–H and O–H groups in total. The highest BCUT2D eigenvalue weighted by Crippen LogP contribution is 2.29. The van der Waals surface area contributed by atoms with E-state index in [0.29, 0.717) is 22.3 Å². The minimum absolute atomic E-state index is 0.158. The van der Waals surface area contributed by atoms with E-state index >= 15 is 0 Å². The minimum atomic E-state index is -3.93. The average molecular weight is 528 g/mol. The van der Waals surface area contributed by atoms with Crippen molar-refractivity contribution in [3.05, 3.63) is 106 Å². The Bertz CT molecular complexity index is 1730. The lowest BCUT2D eigenvalue weighted by Crippen LogP contribution is -2.16. The van der Waals surface area contributed by atoms with Gasteiger partial charge in [0.2, 0.25) is 0 Å². The number of aromatic nitrogens is 2. The summed E-state index contributed by atoms with van der Waals surface area (Å²) in [6.45, 7) is 1.76. The van der Waals surface area contributed by atoms with Gasteiger partial charge in [-0.25, -0.2) is 8.42 Å². The molecule has 0 radical (unpaired) electrons. The number of halogens is 1. The largest absolute Gasteiger partial charge is 0.278 e. The van der Waals surface area contributed by atoms with Crippen molar-refractivity contribution in [1.29, 1.82) is 0 Å². The van der Waals surface area contributed by atoms with Crippen LogP contribution < -0.4 is 4.72 Å². The molecule has 0 spiro atoms. The second-order valence-electron chi connectivity index (χ2n) is 7.74. The van der Waals surface area contributed by atoms with E-state index in [0.717, 1.165) is 26.2 Å². The average Bonchev–Trinajstić information content (AvgIpc) is 2.83. The Balaban J connectivity index is 1.59. The lowest BCUT2D eigenvalue weighted by Gasteiger charge is -2.14. The number of aryl methyl sites for hydroxylation is 1. The monoisotopic (exact) mass is 527 g/mol. The van der Waals surface area contributed by atoms with Crippen molar-refractivity contribution >= 4 is 53.3 Å². The molecule has 3 aromatic carbocycles. The van der Waals surface area contributed by atoms with Crippen molar-refractivity contribution in [2.45, 2.75) is 11.8 Å². The van der Waals surface area contributed by atoms with E-state index in [1.807, 2.05) is 36.4 Å². The Morgan fingerprint density at radius 2 is 1.68 bits per heavy atom. The van der Waals surface area contributed by atoms with E-state index in [1.54, 1.807) is 55.8 Å². The molecule has 0 aliphatic rings. The zero-order valence-electron chi connectivity index (χ0n) is 18.1. The Kier molecular flexibility index (Phi) is 5.78. The molecule has 0 saturated heterocycles. The van der Waals surface area contributed by atoms with Crippen LogP contribution in [-0.2, 0) is 10.0 Å². The van der Waals surface area contributed by atoms with Crippen molar-refractivity contribution in [1.82, 2.24) is 9.97 Å². The van der Waals surface area contributed by atoms with Crippen molar-refractivity contribution < 1.29 is 8.42 Å². The fourth-order valence-corrected chi connectivity index (χ4v) is 5.66. The van der Waals surface area contributed by atoms with E-state index in [2.05, 4.69) is 42.5 Å². The second-order valence-corrected chi connectivity index (χ2v) is 10.3. The molecule has 7 heteroatoms. The molecule has 0 unspecified atom stereocenters. The van der Waals surface area contributed by atoms with Gasteiger partial charge in [-0.3, -0.25) is 14.7 Å². The van der Waals surface area contributed by atoms with Crippen LogP contribution in [0.25, 0.3) is 21.7 Å². The molecule has 0 amide bonds. The summed E-state index contributed by atoms with van der Waals surface area (Å²) in [5.74, 6) is 6.28. The number of hydrogen-bond acceptors (Lipinski definition) is 4. The highest BCUT2D eigenvalue weighted by atomic mass is 79.9. The Hall–Kier alpha value is -3.73. The van der Waals surface area contributed by atoms with E-state index in [9.17, 15) is 8.42 Å². The predicted octanol–water partition coefficient (Wildman–Crippen LogP) is 6.05. The number of nitrogens with one attached hydrogen (secondary N) is 1. The molecule has 0 fully saturated rings. The Labute approximate surface area is 206 Å². The lowest BCUT2D eigenvalue weighted by atomic mass is 10.1. The normalized spacial score (nSPS) is 11.2. The highest BCUT2D eigenvalue weighted by molar-refractivity contribution is 9.10. The van der Waals surface area contributed by atoms with Crippen molar-refractivity contribution in [2.75, 3.05) is 4.72 Å². The summed E-state index contributed by atoms with van der Waals surface area (Å²) in [5, 5.41) is 2.73. The number of pyridine rings is 2. The van der Waals surface area contributed by atoms with Gasteiger partial charge >= 0.3 is 0 Å². The molecule has 5 rings (SSSR count). The van der Waals surface area contributed by atoms with Gasteiger partial charge in [0, 0.05) is 39.2 Å². The van der Waals surface area contributed by atoms with Gasteiger partial charge in [0.25, 0.3) is 10.0 Å². The van der Waals surface area contributed by atoms with Gasteiger partial charge in [-0.05, 0) is 36.8 Å². The SMILES string of the molecule is Cc1ccc2cccnc2c1S(=O)(=O)Nc1ccc(Br)cc1C#Cc1cncc2ccccc12. The zero-order valence-corrected chi connectivity index (χ0v) is 20.5. The molecule has 0 aliphatic heterocycles. The van der Waals surface area contributed by atoms with Gasteiger partial charge in [0.1, 0.15) is 4.90 Å². The lowest BCUT2D eigenvalue weighted by molar-refractivity contribution is 0.601. The fraction of sp³-hybridized carbons (Fsp3) is 0.0370. The number of nitrogens with zero attached hydrogens (tertiary/aromatic N) is 2. The second kappa shape index (κ2) is 8.90. The standard InChI is InChI=1S/C27H18BrN3O2S/c1-18-8-9-19-6-4-14-30-26(19)27(18)34(32,33)31-25-13-12-23(28)15-20(25)10-11-22-17-29-16-21-5-2-3-7-24(21)22/h2-9,12-17,31H,1H3. The summed E-state index contributed by atoms with van der Waals surface area (Å²) >= 11 is 3.46. The van der Waals surface area contributed by atoms with Gasteiger partial charge in [-0.15, -0.1) is 0 Å². The third kappa shape index (κ3) is 4.26. The number of anilines is 1. The molecular weight excluding hydrogens is 510 g/mol. The van der Waals surface area contributed by atoms with Crippen molar-refractivity contribution in [3.8, 4) is 11.8 Å². The van der Waals surface area contributed by atoms with Crippen molar-refractivity contribution in [2.24, 2.45) is 0 Å². The molecule has 0 atom stereocenters. The van der Waals surface area contributed by atoms with Crippen LogP contribution in [0.4, 0.5) is 5.69 Å². The van der Waals surface area contributed by atoms with E-state index < -0.39 is 10.0 Å². The van der Waals surface area contributed by atoms with Gasteiger partial charge in [0.15, 0.2) is 0 Å². The van der Waals surface area contributed by atoms with Gasteiger partial charge in [-0.2, -0.15) is 0 Å². The van der Waals surface area contributed by atoms with E-state index in [1.165, 1.54) is 0 Å². The van der Waals surface area contributed by atoms with Gasteiger partial charge < -0.3 is 0 Å². The first-order chi connectivity index (χ1) is 16.4. The topological polar surface area (TPSA) is 72.0 Å². The number of benzene rings is 3. The Morgan fingerprint density at radius 1 is 0.882 bits per heavy atom. The quantitative estimate of drug-likeness (QED) is 0.289. The number of rotatable bonds is 3.